The third kappa shape index (κ3) is 5.54. The molecule has 27 heavy (non-hydrogen) atoms. The number of nitrogens with one attached hydrogen (secondary N) is 2. The molecule has 0 aliphatic rings. The largest absolute Gasteiger partial charge is 0.496 e. The number of carbonyl (C=O) groups excluding carboxylic acids is 2. The molecule has 0 radical (unpaired) electrons. The first-order valence-corrected chi connectivity index (χ1v) is 8.91. The molecule has 1 aromatic carbocycles. The summed E-state index contributed by atoms with van der Waals surface area (Å²) in [4.78, 5) is 28.4. The number of methoxy groups -OCH3 is 1. The maximum absolute atomic E-state index is 12.5. The third-order valence-electron chi connectivity index (χ3n) is 4.45. The minimum Gasteiger partial charge on any atom is -0.496 e. The van der Waals surface area contributed by atoms with Crippen molar-refractivity contribution in [3.63, 3.8) is 0 Å². The van der Waals surface area contributed by atoms with Crippen LogP contribution in [-0.2, 0) is 16.1 Å². The number of nitrogens with zero attached hydrogens (tertiary/aromatic N) is 1. The number of amides is 2. The summed E-state index contributed by atoms with van der Waals surface area (Å²) in [5.41, 5.74) is 4.65. The van der Waals surface area contributed by atoms with Gasteiger partial charge in [0.1, 0.15) is 5.75 Å². The van der Waals surface area contributed by atoms with Gasteiger partial charge in [0, 0.05) is 24.2 Å². The molecule has 2 aromatic rings. The number of aryl methyl sites for hydroxylation is 2. The molecule has 1 unspecified atom stereocenters. The zero-order valence-electron chi connectivity index (χ0n) is 16.6. The maximum atomic E-state index is 12.5. The highest BCUT2D eigenvalue weighted by molar-refractivity contribution is 5.79. The average molecular weight is 369 g/mol. The van der Waals surface area contributed by atoms with Gasteiger partial charge < -0.3 is 15.4 Å². The molecule has 0 saturated heterocycles. The Morgan fingerprint density at radius 1 is 1.15 bits per heavy atom. The van der Waals surface area contributed by atoms with Gasteiger partial charge in [0.2, 0.25) is 11.8 Å². The quantitative estimate of drug-likeness (QED) is 0.786. The van der Waals surface area contributed by atoms with Crippen LogP contribution >= 0.6 is 0 Å². The Hall–Kier alpha value is -2.89. The van der Waals surface area contributed by atoms with Crippen LogP contribution in [0.25, 0.3) is 0 Å². The second-order valence-corrected chi connectivity index (χ2v) is 6.69. The Labute approximate surface area is 160 Å². The molecule has 2 rings (SSSR count). The molecule has 0 fully saturated rings. The van der Waals surface area contributed by atoms with Gasteiger partial charge in [0.25, 0.3) is 0 Å². The second-order valence-electron chi connectivity index (χ2n) is 6.69. The lowest BCUT2D eigenvalue weighted by molar-refractivity contribution is -0.122. The molecule has 1 heterocycles. The number of benzene rings is 1. The van der Waals surface area contributed by atoms with Crippen molar-refractivity contribution in [1.82, 2.24) is 15.6 Å². The molecule has 1 atom stereocenters. The van der Waals surface area contributed by atoms with Gasteiger partial charge in [-0.1, -0.05) is 29.8 Å². The molecule has 6 nitrogen and oxygen atoms in total. The lowest BCUT2D eigenvalue weighted by atomic mass is 10.0. The van der Waals surface area contributed by atoms with Crippen molar-refractivity contribution in [2.45, 2.75) is 46.7 Å². The van der Waals surface area contributed by atoms with Crippen molar-refractivity contribution < 1.29 is 14.3 Å². The zero-order chi connectivity index (χ0) is 20.0. The molecular weight excluding hydrogens is 342 g/mol. The number of hydrogen-bond donors (Lipinski definition) is 2. The van der Waals surface area contributed by atoms with E-state index in [-0.39, 0.29) is 24.3 Å². The molecule has 6 heteroatoms. The van der Waals surface area contributed by atoms with E-state index >= 15 is 0 Å². The minimum absolute atomic E-state index is 0.157. The summed E-state index contributed by atoms with van der Waals surface area (Å²) in [5.74, 6) is 0.453. The molecular formula is C21H27N3O3. The molecule has 0 saturated carbocycles. The van der Waals surface area contributed by atoms with Crippen LogP contribution in [0.4, 0.5) is 0 Å². The molecule has 0 spiro atoms. The van der Waals surface area contributed by atoms with E-state index in [9.17, 15) is 9.59 Å². The van der Waals surface area contributed by atoms with E-state index in [4.69, 9.17) is 4.74 Å². The summed E-state index contributed by atoms with van der Waals surface area (Å²) in [7, 11) is 1.62. The fourth-order valence-electron chi connectivity index (χ4n) is 2.99. The van der Waals surface area contributed by atoms with Crippen LogP contribution in [0.15, 0.2) is 30.5 Å². The van der Waals surface area contributed by atoms with Crippen molar-refractivity contribution in [3.8, 4) is 5.75 Å². The summed E-state index contributed by atoms with van der Waals surface area (Å²) in [6.07, 6.45) is 1.89. The van der Waals surface area contributed by atoms with E-state index < -0.39 is 0 Å². The minimum atomic E-state index is -0.371. The van der Waals surface area contributed by atoms with Crippen LogP contribution in [0.5, 0.6) is 5.75 Å². The molecule has 0 aliphatic heterocycles. The molecule has 2 amide bonds. The summed E-state index contributed by atoms with van der Waals surface area (Å²) in [6, 6.07) is 7.42. The highest BCUT2D eigenvalue weighted by atomic mass is 16.5. The Morgan fingerprint density at radius 3 is 2.41 bits per heavy atom. The van der Waals surface area contributed by atoms with E-state index in [1.165, 1.54) is 6.92 Å². The van der Waals surface area contributed by atoms with Crippen LogP contribution in [0, 0.1) is 20.8 Å². The Kier molecular flexibility index (Phi) is 6.93. The number of aromatic nitrogens is 1. The molecule has 0 aliphatic carbocycles. The topological polar surface area (TPSA) is 80.3 Å². The number of pyridine rings is 1. The fraction of sp³-hybridized carbons (Fsp3) is 0.381. The van der Waals surface area contributed by atoms with Gasteiger partial charge in [-0.2, -0.15) is 0 Å². The first kappa shape index (κ1) is 20.4. The van der Waals surface area contributed by atoms with Gasteiger partial charge in [-0.25, -0.2) is 0 Å². The summed E-state index contributed by atoms with van der Waals surface area (Å²) in [6.45, 7) is 7.61. The van der Waals surface area contributed by atoms with E-state index in [1.54, 1.807) is 13.3 Å². The molecule has 1 aromatic heterocycles. The normalized spacial score (nSPS) is 11.6. The predicted molar refractivity (Wildman–Crippen MR) is 104 cm³/mol. The highest BCUT2D eigenvalue weighted by Crippen LogP contribution is 2.24. The van der Waals surface area contributed by atoms with E-state index in [2.05, 4.69) is 15.6 Å². The monoisotopic (exact) mass is 369 g/mol. The van der Waals surface area contributed by atoms with Crippen molar-refractivity contribution in [2.75, 3.05) is 7.11 Å². The zero-order valence-corrected chi connectivity index (χ0v) is 16.6. The smallest absolute Gasteiger partial charge is 0.222 e. The van der Waals surface area contributed by atoms with Crippen molar-refractivity contribution in [2.24, 2.45) is 0 Å². The summed E-state index contributed by atoms with van der Waals surface area (Å²) in [5, 5.41) is 5.73. The van der Waals surface area contributed by atoms with Gasteiger partial charge in [-0.3, -0.25) is 14.6 Å². The van der Waals surface area contributed by atoms with Gasteiger partial charge in [-0.15, -0.1) is 0 Å². The third-order valence-corrected chi connectivity index (χ3v) is 4.45. The van der Waals surface area contributed by atoms with E-state index in [0.717, 1.165) is 33.7 Å². The lowest BCUT2D eigenvalue weighted by Gasteiger charge is -2.19. The van der Waals surface area contributed by atoms with Crippen LogP contribution in [0.3, 0.4) is 0 Å². The van der Waals surface area contributed by atoms with Crippen LogP contribution in [0.1, 0.15) is 47.3 Å². The van der Waals surface area contributed by atoms with Crippen molar-refractivity contribution in [3.05, 3.63) is 58.4 Å². The predicted octanol–water partition coefficient (Wildman–Crippen LogP) is 2.90. The van der Waals surface area contributed by atoms with Crippen molar-refractivity contribution in [1.29, 1.82) is 0 Å². The molecule has 0 bridgehead atoms. The molecule has 2 N–H and O–H groups in total. The number of hydrogen-bond acceptors (Lipinski definition) is 4. The average Bonchev–Trinajstić information content (AvgIpc) is 2.61. The standard InChI is InChI=1S/C21H27N3O3/c1-13-6-8-17(9-7-13)18(24-16(4)25)10-20(26)23-12-19-15(3)21(27-5)14(2)11-22-19/h6-9,11,18H,10,12H2,1-5H3,(H,23,26)(H,24,25). The summed E-state index contributed by atoms with van der Waals surface area (Å²) < 4.78 is 5.40. The molecule has 144 valence electrons. The SMILES string of the molecule is COc1c(C)cnc(CNC(=O)CC(NC(C)=O)c2ccc(C)cc2)c1C. The van der Waals surface area contributed by atoms with E-state index in [1.807, 2.05) is 45.0 Å². The number of ether oxygens (including phenoxy) is 1. The first-order valence-electron chi connectivity index (χ1n) is 8.91. The maximum Gasteiger partial charge on any atom is 0.222 e. The van der Waals surface area contributed by atoms with Gasteiger partial charge in [-0.05, 0) is 26.3 Å². The number of carbonyl (C=O) groups is 2. The summed E-state index contributed by atoms with van der Waals surface area (Å²) >= 11 is 0. The Morgan fingerprint density at radius 2 is 1.81 bits per heavy atom. The van der Waals surface area contributed by atoms with Crippen LogP contribution < -0.4 is 15.4 Å². The van der Waals surface area contributed by atoms with Crippen LogP contribution in [0.2, 0.25) is 0 Å². The Balaban J connectivity index is 2.06. The van der Waals surface area contributed by atoms with E-state index in [0.29, 0.717) is 6.54 Å². The van der Waals surface area contributed by atoms with Gasteiger partial charge in [0.15, 0.2) is 0 Å². The van der Waals surface area contributed by atoms with Gasteiger partial charge in [0.05, 0.1) is 31.8 Å². The Bertz CT molecular complexity index is 816. The lowest BCUT2D eigenvalue weighted by Crippen LogP contribution is -2.32. The second kappa shape index (κ2) is 9.16. The van der Waals surface area contributed by atoms with Gasteiger partial charge >= 0.3 is 0 Å². The van der Waals surface area contributed by atoms with Crippen molar-refractivity contribution >= 4 is 11.8 Å². The fourth-order valence-corrected chi connectivity index (χ4v) is 2.99. The highest BCUT2D eigenvalue weighted by Gasteiger charge is 2.18. The first-order chi connectivity index (χ1) is 12.8. The number of rotatable bonds is 7. The van der Waals surface area contributed by atoms with Crippen LogP contribution in [-0.4, -0.2) is 23.9 Å².